The van der Waals surface area contributed by atoms with Crippen LogP contribution in [0.15, 0.2) is 24.3 Å². The molecule has 0 radical (unpaired) electrons. The van der Waals surface area contributed by atoms with E-state index < -0.39 is 5.41 Å². The third kappa shape index (κ3) is 4.01. The summed E-state index contributed by atoms with van der Waals surface area (Å²) in [5, 5.41) is 3.60. The van der Waals surface area contributed by atoms with E-state index in [1.54, 1.807) is 9.80 Å². The number of benzene rings is 1. The number of nitrogens with zero attached hydrogens (tertiary/aromatic N) is 2. The van der Waals surface area contributed by atoms with Gasteiger partial charge in [-0.3, -0.25) is 14.4 Å². The molecule has 1 saturated heterocycles. The van der Waals surface area contributed by atoms with Gasteiger partial charge in [-0.1, -0.05) is 23.7 Å². The van der Waals surface area contributed by atoms with Crippen LogP contribution in [0, 0.1) is 5.41 Å². The van der Waals surface area contributed by atoms with Gasteiger partial charge in [0.2, 0.25) is 17.7 Å². The molecule has 1 saturated carbocycles. The third-order valence-electron chi connectivity index (χ3n) is 5.22. The summed E-state index contributed by atoms with van der Waals surface area (Å²) in [6, 6.07) is 7.51. The van der Waals surface area contributed by atoms with Gasteiger partial charge in [-0.15, -0.1) is 0 Å². The number of hydrogen-bond acceptors (Lipinski definition) is 3. The second-order valence-corrected chi connectivity index (χ2v) is 7.45. The Balaban J connectivity index is 1.50. The van der Waals surface area contributed by atoms with Crippen molar-refractivity contribution in [2.24, 2.45) is 5.41 Å². The molecule has 1 N–H and O–H groups in total. The lowest BCUT2D eigenvalue weighted by Gasteiger charge is -2.35. The highest BCUT2D eigenvalue weighted by Gasteiger charge is 2.58. The zero-order valence-corrected chi connectivity index (χ0v) is 15.7. The predicted octanol–water partition coefficient (Wildman–Crippen LogP) is 1.47. The molecule has 1 aliphatic heterocycles. The summed E-state index contributed by atoms with van der Waals surface area (Å²) in [4.78, 5) is 40.3. The maximum atomic E-state index is 12.8. The summed E-state index contributed by atoms with van der Waals surface area (Å²) in [6.07, 6.45) is 1.90. The van der Waals surface area contributed by atoms with Crippen molar-refractivity contribution in [3.05, 3.63) is 34.9 Å². The molecule has 26 heavy (non-hydrogen) atoms. The van der Waals surface area contributed by atoms with Gasteiger partial charge in [0, 0.05) is 44.7 Å². The fraction of sp³-hybridized carbons (Fsp3) is 0.526. The van der Waals surface area contributed by atoms with Crippen LogP contribution in [0.3, 0.4) is 0 Å². The predicted molar refractivity (Wildman–Crippen MR) is 98.7 cm³/mol. The topological polar surface area (TPSA) is 69.7 Å². The lowest BCUT2D eigenvalue weighted by molar-refractivity contribution is -0.147. The first-order valence-electron chi connectivity index (χ1n) is 9.00. The van der Waals surface area contributed by atoms with E-state index in [1.807, 2.05) is 24.3 Å². The van der Waals surface area contributed by atoms with Crippen molar-refractivity contribution in [1.82, 2.24) is 15.1 Å². The van der Waals surface area contributed by atoms with Crippen LogP contribution < -0.4 is 5.32 Å². The fourth-order valence-electron chi connectivity index (χ4n) is 3.33. The van der Waals surface area contributed by atoms with Gasteiger partial charge in [0.25, 0.3) is 0 Å². The van der Waals surface area contributed by atoms with E-state index in [1.165, 1.54) is 6.92 Å². The number of rotatable bonds is 5. The second kappa shape index (κ2) is 7.66. The Kier molecular flexibility index (Phi) is 5.51. The average Bonchev–Trinajstić information content (AvgIpc) is 3.45. The van der Waals surface area contributed by atoms with Gasteiger partial charge in [-0.25, -0.2) is 0 Å². The highest BCUT2D eigenvalue weighted by molar-refractivity contribution is 6.30. The van der Waals surface area contributed by atoms with Gasteiger partial charge in [0.1, 0.15) is 5.41 Å². The summed E-state index contributed by atoms with van der Waals surface area (Å²) in [5.74, 6) is -0.242. The number of piperazine rings is 1. The summed E-state index contributed by atoms with van der Waals surface area (Å²) >= 11 is 5.87. The van der Waals surface area contributed by atoms with Crippen LogP contribution in [0.4, 0.5) is 0 Å². The number of halogens is 1. The van der Waals surface area contributed by atoms with Crippen LogP contribution in [0.25, 0.3) is 0 Å². The molecule has 0 aromatic heterocycles. The van der Waals surface area contributed by atoms with Crippen LogP contribution in [0.1, 0.15) is 25.3 Å². The SMILES string of the molecule is CC(=O)N1CCN(C(=O)C2(C(=O)NCCc3ccc(Cl)cc3)CC2)CC1. The molecule has 1 aliphatic carbocycles. The van der Waals surface area contributed by atoms with E-state index in [2.05, 4.69) is 5.32 Å². The van der Waals surface area contributed by atoms with Crippen LogP contribution in [-0.2, 0) is 20.8 Å². The molecule has 7 heteroatoms. The van der Waals surface area contributed by atoms with Gasteiger partial charge < -0.3 is 15.1 Å². The van der Waals surface area contributed by atoms with Crippen molar-refractivity contribution in [3.63, 3.8) is 0 Å². The second-order valence-electron chi connectivity index (χ2n) is 7.01. The maximum Gasteiger partial charge on any atom is 0.238 e. The molecule has 3 amide bonds. The van der Waals surface area contributed by atoms with Crippen LogP contribution in [0.5, 0.6) is 0 Å². The molecule has 140 valence electrons. The van der Waals surface area contributed by atoms with Crippen molar-refractivity contribution in [3.8, 4) is 0 Å². The van der Waals surface area contributed by atoms with Crippen LogP contribution in [-0.4, -0.2) is 60.2 Å². The highest BCUT2D eigenvalue weighted by Crippen LogP contribution is 2.47. The van der Waals surface area contributed by atoms with Crippen molar-refractivity contribution >= 4 is 29.3 Å². The minimum Gasteiger partial charge on any atom is -0.355 e. The van der Waals surface area contributed by atoms with Crippen molar-refractivity contribution in [2.45, 2.75) is 26.2 Å². The van der Waals surface area contributed by atoms with Gasteiger partial charge in [0.05, 0.1) is 0 Å². The number of carbonyl (C=O) groups is 3. The van der Waals surface area contributed by atoms with E-state index in [9.17, 15) is 14.4 Å². The Morgan fingerprint density at radius 1 is 1.04 bits per heavy atom. The molecule has 6 nitrogen and oxygen atoms in total. The molecule has 2 aliphatic rings. The lowest BCUT2D eigenvalue weighted by Crippen LogP contribution is -2.54. The molecule has 1 heterocycles. The minimum atomic E-state index is -0.890. The Labute approximate surface area is 158 Å². The van der Waals surface area contributed by atoms with Crippen molar-refractivity contribution in [2.75, 3.05) is 32.7 Å². The van der Waals surface area contributed by atoms with E-state index in [4.69, 9.17) is 11.6 Å². The smallest absolute Gasteiger partial charge is 0.238 e. The molecule has 1 aromatic carbocycles. The molecule has 0 spiro atoms. The monoisotopic (exact) mass is 377 g/mol. The molecule has 1 aromatic rings. The van der Waals surface area contributed by atoms with Gasteiger partial charge in [0.15, 0.2) is 0 Å². The molecule has 0 bridgehead atoms. The van der Waals surface area contributed by atoms with E-state index in [-0.39, 0.29) is 17.7 Å². The summed E-state index contributed by atoms with van der Waals surface area (Å²) < 4.78 is 0. The van der Waals surface area contributed by atoms with Crippen molar-refractivity contribution in [1.29, 1.82) is 0 Å². The zero-order valence-electron chi connectivity index (χ0n) is 15.0. The Hall–Kier alpha value is -2.08. The number of hydrogen-bond donors (Lipinski definition) is 1. The normalized spacial score (nSPS) is 18.4. The number of amides is 3. The Bertz CT molecular complexity index is 692. The third-order valence-corrected chi connectivity index (χ3v) is 5.47. The van der Waals surface area contributed by atoms with E-state index in [0.29, 0.717) is 57.0 Å². The number of carbonyl (C=O) groups excluding carboxylic acids is 3. The zero-order chi connectivity index (χ0) is 18.7. The largest absolute Gasteiger partial charge is 0.355 e. The van der Waals surface area contributed by atoms with E-state index in [0.717, 1.165) is 5.56 Å². The number of nitrogens with one attached hydrogen (secondary N) is 1. The standard InChI is InChI=1S/C19H24ClN3O3/c1-14(24)22-10-12-23(13-11-22)18(26)19(7-8-19)17(25)21-9-6-15-2-4-16(20)5-3-15/h2-5H,6-13H2,1H3,(H,21,25). The average molecular weight is 378 g/mol. The first kappa shape index (κ1) is 18.7. The first-order chi connectivity index (χ1) is 12.4. The molecule has 0 atom stereocenters. The van der Waals surface area contributed by atoms with E-state index >= 15 is 0 Å². The Morgan fingerprint density at radius 3 is 2.15 bits per heavy atom. The van der Waals surface area contributed by atoms with Gasteiger partial charge in [-0.05, 0) is 37.0 Å². The summed E-state index contributed by atoms with van der Waals surface area (Å²) in [7, 11) is 0. The van der Waals surface area contributed by atoms with Crippen molar-refractivity contribution < 1.29 is 14.4 Å². The molecular formula is C19H24ClN3O3. The summed E-state index contributed by atoms with van der Waals surface area (Å²) in [6.45, 7) is 4.10. The Morgan fingerprint density at radius 2 is 1.62 bits per heavy atom. The molecule has 2 fully saturated rings. The quantitative estimate of drug-likeness (QED) is 0.790. The first-order valence-corrected chi connectivity index (χ1v) is 9.38. The highest BCUT2D eigenvalue weighted by atomic mass is 35.5. The van der Waals surface area contributed by atoms with Crippen LogP contribution >= 0.6 is 11.6 Å². The maximum absolute atomic E-state index is 12.8. The molecule has 3 rings (SSSR count). The van der Waals surface area contributed by atoms with Gasteiger partial charge in [-0.2, -0.15) is 0 Å². The lowest BCUT2D eigenvalue weighted by atomic mass is 10.0. The molecular weight excluding hydrogens is 354 g/mol. The fourth-order valence-corrected chi connectivity index (χ4v) is 3.46. The van der Waals surface area contributed by atoms with Gasteiger partial charge >= 0.3 is 0 Å². The van der Waals surface area contributed by atoms with Crippen LogP contribution in [0.2, 0.25) is 5.02 Å². The summed E-state index contributed by atoms with van der Waals surface area (Å²) in [5.41, 5.74) is 0.199. The molecule has 0 unspecified atom stereocenters. The minimum absolute atomic E-state index is 0.0261.